The lowest BCUT2D eigenvalue weighted by Crippen LogP contribution is -2.02. The molecule has 2 aromatic carbocycles. The van der Waals surface area contributed by atoms with Gasteiger partial charge >= 0.3 is 0 Å². The van der Waals surface area contributed by atoms with Crippen molar-refractivity contribution in [3.63, 3.8) is 0 Å². The molecule has 5 heteroatoms. The molecule has 106 valence electrons. The first-order valence-electron chi connectivity index (χ1n) is 6.08. The Morgan fingerprint density at radius 1 is 1.30 bits per heavy atom. The van der Waals surface area contributed by atoms with Crippen molar-refractivity contribution in [2.24, 2.45) is 0 Å². The van der Waals surface area contributed by atoms with Crippen LogP contribution < -0.4 is 4.74 Å². The highest BCUT2D eigenvalue weighted by Gasteiger charge is 2.15. The summed E-state index contributed by atoms with van der Waals surface area (Å²) in [5.74, 6) is 0.774. The molecule has 0 saturated carbocycles. The van der Waals surface area contributed by atoms with Crippen LogP contribution in [0.2, 0.25) is 5.02 Å². The lowest BCUT2D eigenvalue weighted by atomic mass is 10.0. The standard InChI is InChI=1S/C15H13BrClIO2/c1-2-20-10-4-5-11(12(16)8-10)15(19)9-3-6-14(18)13(17)7-9/h3-8,15,19H,2H2,1H3. The van der Waals surface area contributed by atoms with Gasteiger partial charge < -0.3 is 9.84 Å². The minimum Gasteiger partial charge on any atom is -0.494 e. The zero-order valence-corrected chi connectivity index (χ0v) is 15.2. The van der Waals surface area contributed by atoms with E-state index in [4.69, 9.17) is 16.3 Å². The fraction of sp³-hybridized carbons (Fsp3) is 0.200. The van der Waals surface area contributed by atoms with E-state index in [0.717, 1.165) is 24.9 Å². The Bertz CT molecular complexity index is 619. The van der Waals surface area contributed by atoms with Gasteiger partial charge in [-0.25, -0.2) is 0 Å². The van der Waals surface area contributed by atoms with Gasteiger partial charge in [-0.05, 0) is 64.9 Å². The number of hydrogen-bond acceptors (Lipinski definition) is 2. The molecule has 0 bridgehead atoms. The lowest BCUT2D eigenvalue weighted by molar-refractivity contribution is 0.219. The number of aliphatic hydroxyl groups excluding tert-OH is 1. The third-order valence-corrected chi connectivity index (χ3v) is 5.10. The summed E-state index contributed by atoms with van der Waals surface area (Å²) < 4.78 is 7.20. The maximum Gasteiger partial charge on any atom is 0.120 e. The molecule has 2 nitrogen and oxygen atoms in total. The highest BCUT2D eigenvalue weighted by atomic mass is 127. The predicted molar refractivity (Wildman–Crippen MR) is 93.5 cm³/mol. The molecule has 0 saturated heterocycles. The molecule has 0 aliphatic heterocycles. The van der Waals surface area contributed by atoms with Crippen molar-refractivity contribution in [1.82, 2.24) is 0 Å². The van der Waals surface area contributed by atoms with Gasteiger partial charge in [0.05, 0.1) is 11.6 Å². The molecule has 1 unspecified atom stereocenters. The number of ether oxygens (including phenoxy) is 1. The number of halogens is 3. The van der Waals surface area contributed by atoms with Crippen molar-refractivity contribution in [3.8, 4) is 5.75 Å². The van der Waals surface area contributed by atoms with Crippen molar-refractivity contribution < 1.29 is 9.84 Å². The van der Waals surface area contributed by atoms with Crippen LogP contribution in [0.5, 0.6) is 5.75 Å². The minimum atomic E-state index is -0.727. The van der Waals surface area contributed by atoms with E-state index < -0.39 is 6.10 Å². The van der Waals surface area contributed by atoms with Gasteiger partial charge in [0.25, 0.3) is 0 Å². The summed E-state index contributed by atoms with van der Waals surface area (Å²) in [5, 5.41) is 11.1. The highest BCUT2D eigenvalue weighted by molar-refractivity contribution is 14.1. The van der Waals surface area contributed by atoms with Crippen LogP contribution in [0.3, 0.4) is 0 Å². The number of benzene rings is 2. The molecule has 0 amide bonds. The molecule has 0 radical (unpaired) electrons. The van der Waals surface area contributed by atoms with Gasteiger partial charge in [-0.15, -0.1) is 0 Å². The maximum absolute atomic E-state index is 10.5. The van der Waals surface area contributed by atoms with E-state index in [0.29, 0.717) is 11.6 Å². The topological polar surface area (TPSA) is 29.5 Å². The van der Waals surface area contributed by atoms with Gasteiger partial charge in [0.15, 0.2) is 0 Å². The summed E-state index contributed by atoms with van der Waals surface area (Å²) in [5.41, 5.74) is 1.55. The van der Waals surface area contributed by atoms with Gasteiger partial charge in [0.1, 0.15) is 11.9 Å². The van der Waals surface area contributed by atoms with Crippen LogP contribution in [0.1, 0.15) is 24.2 Å². The van der Waals surface area contributed by atoms with Crippen LogP contribution in [0.4, 0.5) is 0 Å². The molecule has 20 heavy (non-hydrogen) atoms. The van der Waals surface area contributed by atoms with E-state index in [9.17, 15) is 5.11 Å². The Balaban J connectivity index is 2.32. The van der Waals surface area contributed by atoms with Crippen molar-refractivity contribution in [1.29, 1.82) is 0 Å². The molecule has 0 aliphatic rings. The Kier molecular flexibility index (Phi) is 5.72. The van der Waals surface area contributed by atoms with Crippen LogP contribution in [-0.2, 0) is 0 Å². The first-order valence-corrected chi connectivity index (χ1v) is 8.33. The molecular formula is C15H13BrClIO2. The Morgan fingerprint density at radius 2 is 2.05 bits per heavy atom. The number of aliphatic hydroxyl groups is 1. The van der Waals surface area contributed by atoms with Crippen molar-refractivity contribution in [2.75, 3.05) is 6.61 Å². The smallest absolute Gasteiger partial charge is 0.120 e. The summed E-state index contributed by atoms with van der Waals surface area (Å²) in [6.45, 7) is 2.55. The van der Waals surface area contributed by atoms with E-state index in [2.05, 4.69) is 38.5 Å². The fourth-order valence-electron chi connectivity index (χ4n) is 1.85. The lowest BCUT2D eigenvalue weighted by Gasteiger charge is -2.15. The zero-order chi connectivity index (χ0) is 14.7. The van der Waals surface area contributed by atoms with E-state index >= 15 is 0 Å². The minimum absolute atomic E-state index is 0.612. The average molecular weight is 468 g/mol. The van der Waals surface area contributed by atoms with E-state index in [1.807, 2.05) is 37.3 Å². The quantitative estimate of drug-likeness (QED) is 0.628. The molecule has 0 aliphatic carbocycles. The molecule has 1 atom stereocenters. The summed E-state index contributed by atoms with van der Waals surface area (Å²) in [7, 11) is 0. The zero-order valence-electron chi connectivity index (χ0n) is 10.7. The molecule has 0 fully saturated rings. The Morgan fingerprint density at radius 3 is 2.65 bits per heavy atom. The largest absolute Gasteiger partial charge is 0.494 e. The van der Waals surface area contributed by atoms with E-state index in [1.165, 1.54) is 0 Å². The van der Waals surface area contributed by atoms with Crippen molar-refractivity contribution >= 4 is 50.1 Å². The van der Waals surface area contributed by atoms with Gasteiger partial charge in [-0.2, -0.15) is 0 Å². The molecule has 0 spiro atoms. The van der Waals surface area contributed by atoms with Crippen molar-refractivity contribution in [2.45, 2.75) is 13.0 Å². The Labute approximate surface area is 145 Å². The summed E-state index contributed by atoms with van der Waals surface area (Å²) >= 11 is 11.7. The molecule has 1 N–H and O–H groups in total. The monoisotopic (exact) mass is 466 g/mol. The van der Waals surface area contributed by atoms with Crippen LogP contribution in [0.25, 0.3) is 0 Å². The molecule has 2 rings (SSSR count). The van der Waals surface area contributed by atoms with Gasteiger partial charge in [0.2, 0.25) is 0 Å². The van der Waals surface area contributed by atoms with Crippen LogP contribution in [-0.4, -0.2) is 11.7 Å². The normalized spacial score (nSPS) is 12.2. The first-order chi connectivity index (χ1) is 9.52. The van der Waals surface area contributed by atoms with Crippen LogP contribution >= 0.6 is 50.1 Å². The van der Waals surface area contributed by atoms with E-state index in [1.54, 1.807) is 6.07 Å². The second kappa shape index (κ2) is 7.11. The number of rotatable bonds is 4. The maximum atomic E-state index is 10.5. The highest BCUT2D eigenvalue weighted by Crippen LogP contribution is 2.33. The number of hydrogen-bond donors (Lipinski definition) is 1. The third kappa shape index (κ3) is 3.67. The summed E-state index contributed by atoms with van der Waals surface area (Å²) in [6.07, 6.45) is -0.727. The first kappa shape index (κ1) is 16.1. The predicted octanol–water partition coefficient (Wildman–Crippen LogP) is 5.19. The van der Waals surface area contributed by atoms with Crippen LogP contribution in [0.15, 0.2) is 40.9 Å². The second-order valence-electron chi connectivity index (χ2n) is 4.19. The molecule has 0 heterocycles. The third-order valence-electron chi connectivity index (χ3n) is 2.84. The van der Waals surface area contributed by atoms with Gasteiger partial charge in [-0.1, -0.05) is 39.7 Å². The molecule has 2 aromatic rings. The van der Waals surface area contributed by atoms with E-state index in [-0.39, 0.29) is 0 Å². The SMILES string of the molecule is CCOc1ccc(C(O)c2ccc(I)c(Cl)c2)c(Br)c1. The molecular weight excluding hydrogens is 454 g/mol. The van der Waals surface area contributed by atoms with Crippen molar-refractivity contribution in [3.05, 3.63) is 60.6 Å². The summed E-state index contributed by atoms with van der Waals surface area (Å²) in [4.78, 5) is 0. The van der Waals surface area contributed by atoms with Gasteiger partial charge in [0, 0.05) is 8.04 Å². The van der Waals surface area contributed by atoms with Crippen LogP contribution in [0, 0.1) is 3.57 Å². The average Bonchev–Trinajstić information content (AvgIpc) is 2.42. The second-order valence-corrected chi connectivity index (χ2v) is 6.62. The summed E-state index contributed by atoms with van der Waals surface area (Å²) in [6, 6.07) is 11.1. The Hall–Kier alpha value is -0.300. The molecule has 0 aromatic heterocycles. The fourth-order valence-corrected chi connectivity index (χ4v) is 2.95. The van der Waals surface area contributed by atoms with Gasteiger partial charge in [-0.3, -0.25) is 0 Å².